The molecule has 0 unspecified atom stereocenters. The predicted octanol–water partition coefficient (Wildman–Crippen LogP) is 1.55. The summed E-state index contributed by atoms with van der Waals surface area (Å²) in [6.07, 6.45) is 8.95. The van der Waals surface area contributed by atoms with Crippen molar-refractivity contribution >= 4 is 0 Å². The summed E-state index contributed by atoms with van der Waals surface area (Å²) in [4.78, 5) is 0. The Bertz CT molecular complexity index is 209. The van der Waals surface area contributed by atoms with E-state index in [1.165, 1.54) is 19.3 Å². The van der Waals surface area contributed by atoms with Gasteiger partial charge >= 0.3 is 0 Å². The van der Waals surface area contributed by atoms with Crippen molar-refractivity contribution in [1.82, 2.24) is 0 Å². The molecule has 5 atom stereocenters. The number of allylic oxidation sites excluding steroid dienone is 2. The lowest BCUT2D eigenvalue weighted by Gasteiger charge is -2.23. The van der Waals surface area contributed by atoms with Gasteiger partial charge in [-0.25, -0.2) is 0 Å². The highest BCUT2D eigenvalue weighted by Gasteiger charge is 2.49. The Balaban J connectivity index is 1.97. The van der Waals surface area contributed by atoms with E-state index in [9.17, 15) is 0 Å². The second-order valence-corrected chi connectivity index (χ2v) is 4.43. The number of nitrogens with two attached hydrogens (primary N) is 1. The quantitative estimate of drug-likeness (QED) is 0.519. The van der Waals surface area contributed by atoms with Crippen molar-refractivity contribution in [3.05, 3.63) is 12.2 Å². The van der Waals surface area contributed by atoms with Gasteiger partial charge in [0.2, 0.25) is 0 Å². The first kappa shape index (κ1) is 6.24. The van der Waals surface area contributed by atoms with Crippen molar-refractivity contribution in [1.29, 1.82) is 0 Å². The van der Waals surface area contributed by atoms with Crippen molar-refractivity contribution < 1.29 is 0 Å². The fraction of sp³-hybridized carbons (Fsp3) is 0.800. The van der Waals surface area contributed by atoms with Crippen LogP contribution in [-0.2, 0) is 0 Å². The summed E-state index contributed by atoms with van der Waals surface area (Å²) in [7, 11) is 0. The first-order chi connectivity index (χ1) is 5.36. The van der Waals surface area contributed by atoms with Crippen molar-refractivity contribution in [2.75, 3.05) is 0 Å². The van der Waals surface area contributed by atoms with Crippen LogP contribution in [0.5, 0.6) is 0 Å². The highest BCUT2D eigenvalue weighted by molar-refractivity contribution is 5.17. The van der Waals surface area contributed by atoms with Crippen LogP contribution in [-0.4, -0.2) is 6.04 Å². The predicted molar refractivity (Wildman–Crippen MR) is 44.9 cm³/mol. The van der Waals surface area contributed by atoms with Gasteiger partial charge in [-0.05, 0) is 42.9 Å². The maximum Gasteiger partial charge on any atom is 0.00757 e. The van der Waals surface area contributed by atoms with E-state index in [1.54, 1.807) is 0 Å². The van der Waals surface area contributed by atoms with Gasteiger partial charge in [-0.1, -0.05) is 12.2 Å². The molecule has 2 saturated carbocycles. The molecule has 3 rings (SSSR count). The zero-order chi connectivity index (χ0) is 7.42. The fourth-order valence-corrected chi connectivity index (χ4v) is 3.58. The molecule has 2 N–H and O–H groups in total. The molecule has 0 spiro atoms. The minimum absolute atomic E-state index is 0.528. The lowest BCUT2D eigenvalue weighted by atomic mass is 9.84. The molecule has 0 amide bonds. The van der Waals surface area contributed by atoms with Crippen LogP contribution in [0.15, 0.2) is 12.2 Å². The highest BCUT2D eigenvalue weighted by Crippen LogP contribution is 2.54. The maximum absolute atomic E-state index is 6.07. The lowest BCUT2D eigenvalue weighted by Crippen LogP contribution is -2.30. The van der Waals surface area contributed by atoms with Gasteiger partial charge in [-0.2, -0.15) is 0 Å². The third-order valence-corrected chi connectivity index (χ3v) is 4.02. The lowest BCUT2D eigenvalue weighted by molar-refractivity contribution is 0.339. The van der Waals surface area contributed by atoms with Gasteiger partial charge in [-0.15, -0.1) is 0 Å². The van der Waals surface area contributed by atoms with Crippen molar-refractivity contribution in [2.24, 2.45) is 29.4 Å². The molecule has 2 bridgehead atoms. The molecular formula is C10H15N. The Morgan fingerprint density at radius 3 is 2.73 bits per heavy atom. The van der Waals surface area contributed by atoms with Crippen molar-refractivity contribution in [3.63, 3.8) is 0 Å². The molecule has 3 aliphatic carbocycles. The summed E-state index contributed by atoms with van der Waals surface area (Å²) in [5.74, 6) is 3.62. The molecule has 3 aliphatic rings. The molecule has 11 heavy (non-hydrogen) atoms. The van der Waals surface area contributed by atoms with E-state index >= 15 is 0 Å². The summed E-state index contributed by atoms with van der Waals surface area (Å²) in [5.41, 5.74) is 6.07. The molecule has 0 aromatic carbocycles. The van der Waals surface area contributed by atoms with Crippen LogP contribution in [0.25, 0.3) is 0 Å². The van der Waals surface area contributed by atoms with Crippen LogP contribution in [0.1, 0.15) is 19.3 Å². The minimum atomic E-state index is 0.528. The average molecular weight is 149 g/mol. The van der Waals surface area contributed by atoms with Crippen LogP contribution in [0.4, 0.5) is 0 Å². The average Bonchev–Trinajstić information content (AvgIpc) is 2.60. The maximum atomic E-state index is 6.07. The number of hydrogen-bond acceptors (Lipinski definition) is 1. The molecule has 0 aromatic heterocycles. The van der Waals surface area contributed by atoms with Gasteiger partial charge in [0.15, 0.2) is 0 Å². The van der Waals surface area contributed by atoms with Gasteiger partial charge < -0.3 is 5.73 Å². The van der Waals surface area contributed by atoms with E-state index in [4.69, 9.17) is 5.73 Å². The molecule has 0 heterocycles. The highest BCUT2D eigenvalue weighted by atomic mass is 14.7. The van der Waals surface area contributed by atoms with E-state index in [1.807, 2.05) is 0 Å². The third kappa shape index (κ3) is 0.652. The fourth-order valence-electron chi connectivity index (χ4n) is 3.58. The second-order valence-electron chi connectivity index (χ2n) is 4.43. The van der Waals surface area contributed by atoms with Gasteiger partial charge in [0.25, 0.3) is 0 Å². The summed E-state index contributed by atoms with van der Waals surface area (Å²) < 4.78 is 0. The molecule has 60 valence electrons. The van der Waals surface area contributed by atoms with Gasteiger partial charge in [0, 0.05) is 6.04 Å². The molecule has 1 nitrogen and oxygen atoms in total. The van der Waals surface area contributed by atoms with Crippen molar-refractivity contribution in [3.8, 4) is 0 Å². The Morgan fingerprint density at radius 2 is 1.91 bits per heavy atom. The SMILES string of the molecule is N[C@H]1CC[C@H]2[C@@H]1[C@H]1C=C[C@@H]2C1. The minimum Gasteiger partial charge on any atom is -0.327 e. The van der Waals surface area contributed by atoms with E-state index in [-0.39, 0.29) is 0 Å². The summed E-state index contributed by atoms with van der Waals surface area (Å²) in [5, 5.41) is 0. The molecule has 2 fully saturated rings. The third-order valence-electron chi connectivity index (χ3n) is 4.02. The molecule has 0 radical (unpaired) electrons. The topological polar surface area (TPSA) is 26.0 Å². The Hall–Kier alpha value is -0.300. The summed E-state index contributed by atoms with van der Waals surface area (Å²) >= 11 is 0. The van der Waals surface area contributed by atoms with E-state index in [0.717, 1.165) is 23.7 Å². The molecule has 1 heteroatoms. The first-order valence-electron chi connectivity index (χ1n) is 4.80. The van der Waals surface area contributed by atoms with Gasteiger partial charge in [0.1, 0.15) is 0 Å². The molecule has 0 aromatic rings. The largest absolute Gasteiger partial charge is 0.327 e. The van der Waals surface area contributed by atoms with Crippen LogP contribution >= 0.6 is 0 Å². The summed E-state index contributed by atoms with van der Waals surface area (Å²) in [6.45, 7) is 0. The summed E-state index contributed by atoms with van der Waals surface area (Å²) in [6, 6.07) is 0.528. The number of rotatable bonds is 0. The van der Waals surface area contributed by atoms with Crippen molar-refractivity contribution in [2.45, 2.75) is 25.3 Å². The van der Waals surface area contributed by atoms with E-state index < -0.39 is 0 Å². The monoisotopic (exact) mass is 149 g/mol. The van der Waals surface area contributed by atoms with Crippen LogP contribution in [0, 0.1) is 23.7 Å². The van der Waals surface area contributed by atoms with E-state index in [2.05, 4.69) is 12.2 Å². The number of fused-ring (bicyclic) bond motifs is 5. The van der Waals surface area contributed by atoms with Crippen LogP contribution in [0.3, 0.4) is 0 Å². The first-order valence-corrected chi connectivity index (χ1v) is 4.80. The van der Waals surface area contributed by atoms with Gasteiger partial charge in [0.05, 0.1) is 0 Å². The Kier molecular flexibility index (Phi) is 1.07. The smallest absolute Gasteiger partial charge is 0.00757 e. The zero-order valence-electron chi connectivity index (χ0n) is 6.74. The molecule has 0 aliphatic heterocycles. The Morgan fingerprint density at radius 1 is 1.09 bits per heavy atom. The Labute approximate surface area is 67.7 Å². The van der Waals surface area contributed by atoms with Crippen LogP contribution < -0.4 is 5.73 Å². The number of hydrogen-bond donors (Lipinski definition) is 1. The molecular weight excluding hydrogens is 134 g/mol. The van der Waals surface area contributed by atoms with Crippen LogP contribution in [0.2, 0.25) is 0 Å². The molecule has 0 saturated heterocycles. The normalized spacial score (nSPS) is 58.8. The van der Waals surface area contributed by atoms with Gasteiger partial charge in [-0.3, -0.25) is 0 Å². The standard InChI is InChI=1S/C10H15N/c11-9-4-3-8-6-1-2-7(5-6)10(8)9/h1-2,6-10H,3-5,11H2/t6-,7+,8-,9+,10+/m1/s1. The van der Waals surface area contributed by atoms with E-state index in [0.29, 0.717) is 6.04 Å². The zero-order valence-corrected chi connectivity index (χ0v) is 6.74. The second kappa shape index (κ2) is 1.89.